The molecule has 1 N–H and O–H groups in total. The molecule has 0 aliphatic carbocycles. The molecule has 2 unspecified atom stereocenters. The molecule has 0 fully saturated rings. The third-order valence-electron chi connectivity index (χ3n) is 2.00. The first kappa shape index (κ1) is 12.2. The quantitative estimate of drug-likeness (QED) is 0.850. The molecule has 4 nitrogen and oxygen atoms in total. The Hall–Kier alpha value is -0.840. The van der Waals surface area contributed by atoms with Crippen molar-refractivity contribution in [2.75, 3.05) is 0 Å². The molecule has 1 heterocycles. The van der Waals surface area contributed by atoms with E-state index in [9.17, 15) is 4.79 Å². The second-order valence-electron chi connectivity index (χ2n) is 3.77. The van der Waals surface area contributed by atoms with Crippen LogP contribution < -0.4 is 5.32 Å². The number of hydrogen-bond acceptors (Lipinski definition) is 2. The summed E-state index contributed by atoms with van der Waals surface area (Å²) in [7, 11) is 1.79. The van der Waals surface area contributed by atoms with E-state index in [1.54, 1.807) is 24.0 Å². The molecule has 15 heavy (non-hydrogen) atoms. The Labute approximate surface area is 98.2 Å². The third-order valence-corrected chi connectivity index (χ3v) is 2.38. The maximum Gasteiger partial charge on any atom is 0.271 e. The van der Waals surface area contributed by atoms with Crippen LogP contribution in [0.5, 0.6) is 0 Å². The predicted molar refractivity (Wildman–Crippen MR) is 63.1 cm³/mol. The van der Waals surface area contributed by atoms with Crippen LogP contribution in [0.1, 0.15) is 30.8 Å². The number of halogens is 1. The van der Waals surface area contributed by atoms with Crippen LogP contribution in [0.25, 0.3) is 0 Å². The van der Waals surface area contributed by atoms with Gasteiger partial charge in [-0.3, -0.25) is 9.48 Å². The fourth-order valence-corrected chi connectivity index (χ4v) is 1.94. The molecule has 0 saturated carbocycles. The lowest BCUT2D eigenvalue weighted by Crippen LogP contribution is -2.34. The molecular formula is C10H16BrN3O. The van der Waals surface area contributed by atoms with Crippen LogP contribution in [0.15, 0.2) is 12.3 Å². The fraction of sp³-hybridized carbons (Fsp3) is 0.600. The van der Waals surface area contributed by atoms with E-state index in [-0.39, 0.29) is 11.9 Å². The number of hydrogen-bond donors (Lipinski definition) is 1. The highest BCUT2D eigenvalue weighted by atomic mass is 79.9. The van der Waals surface area contributed by atoms with E-state index in [4.69, 9.17) is 0 Å². The minimum absolute atomic E-state index is 0.115. The minimum atomic E-state index is -0.115. The number of rotatable bonds is 4. The first-order valence-electron chi connectivity index (χ1n) is 4.93. The van der Waals surface area contributed by atoms with E-state index in [2.05, 4.69) is 33.3 Å². The van der Waals surface area contributed by atoms with Crippen LogP contribution >= 0.6 is 15.9 Å². The van der Waals surface area contributed by atoms with E-state index in [0.717, 1.165) is 6.42 Å². The first-order valence-corrected chi connectivity index (χ1v) is 5.85. The lowest BCUT2D eigenvalue weighted by Gasteiger charge is -2.13. The monoisotopic (exact) mass is 273 g/mol. The van der Waals surface area contributed by atoms with Gasteiger partial charge in [-0.15, -0.1) is 0 Å². The van der Waals surface area contributed by atoms with Crippen LogP contribution in [0.3, 0.4) is 0 Å². The third kappa shape index (κ3) is 4.03. The summed E-state index contributed by atoms with van der Waals surface area (Å²) < 4.78 is 1.62. The van der Waals surface area contributed by atoms with Gasteiger partial charge in [-0.2, -0.15) is 5.10 Å². The Kier molecular flexibility index (Phi) is 4.32. The maximum atomic E-state index is 11.6. The summed E-state index contributed by atoms with van der Waals surface area (Å²) in [6.45, 7) is 4.04. The number of aryl methyl sites for hydroxylation is 1. The molecule has 1 aromatic rings. The van der Waals surface area contributed by atoms with Crippen molar-refractivity contribution in [3.8, 4) is 0 Å². The zero-order valence-corrected chi connectivity index (χ0v) is 10.8. The summed E-state index contributed by atoms with van der Waals surface area (Å²) in [5.74, 6) is -0.115. The van der Waals surface area contributed by atoms with Crippen molar-refractivity contribution in [2.45, 2.75) is 31.1 Å². The Bertz CT molecular complexity index is 335. The van der Waals surface area contributed by atoms with Crippen molar-refractivity contribution in [2.24, 2.45) is 7.05 Å². The van der Waals surface area contributed by atoms with E-state index >= 15 is 0 Å². The molecule has 0 aromatic carbocycles. The van der Waals surface area contributed by atoms with Crippen molar-refractivity contribution in [1.82, 2.24) is 15.1 Å². The van der Waals surface area contributed by atoms with Gasteiger partial charge in [0, 0.05) is 24.1 Å². The molecule has 0 aliphatic rings. The molecule has 0 radical (unpaired) electrons. The van der Waals surface area contributed by atoms with Gasteiger partial charge in [0.2, 0.25) is 0 Å². The van der Waals surface area contributed by atoms with Crippen molar-refractivity contribution < 1.29 is 4.79 Å². The number of nitrogens with one attached hydrogen (secondary N) is 1. The standard InChI is InChI=1S/C10H16BrN3O/c1-7(11)6-8(2)12-10(15)9-4-5-14(3)13-9/h4-5,7-8H,6H2,1-3H3,(H,12,15). The number of aromatic nitrogens is 2. The van der Waals surface area contributed by atoms with Crippen LogP contribution in [0.4, 0.5) is 0 Å². The van der Waals surface area contributed by atoms with Crippen LogP contribution in [0, 0.1) is 0 Å². The average molecular weight is 274 g/mol. The first-order chi connectivity index (χ1) is 6.99. The summed E-state index contributed by atoms with van der Waals surface area (Å²) >= 11 is 3.45. The summed E-state index contributed by atoms with van der Waals surface area (Å²) in [5, 5.41) is 6.93. The summed E-state index contributed by atoms with van der Waals surface area (Å²) in [4.78, 5) is 12.0. The average Bonchev–Trinajstić information content (AvgIpc) is 2.49. The molecular weight excluding hydrogens is 258 g/mol. The molecule has 1 aromatic heterocycles. The summed E-state index contributed by atoms with van der Waals surface area (Å²) in [5.41, 5.74) is 0.464. The Morgan fingerprint density at radius 1 is 1.67 bits per heavy atom. The zero-order chi connectivity index (χ0) is 11.4. The topological polar surface area (TPSA) is 46.9 Å². The second kappa shape index (κ2) is 5.30. The highest BCUT2D eigenvalue weighted by Crippen LogP contribution is 2.07. The molecule has 0 bridgehead atoms. The molecule has 1 amide bonds. The molecule has 84 valence electrons. The lowest BCUT2D eigenvalue weighted by molar-refractivity contribution is 0.0933. The zero-order valence-electron chi connectivity index (χ0n) is 9.20. The number of alkyl halides is 1. The fourth-order valence-electron chi connectivity index (χ4n) is 1.38. The molecule has 0 aliphatic heterocycles. The van der Waals surface area contributed by atoms with Gasteiger partial charge in [-0.1, -0.05) is 22.9 Å². The molecule has 0 saturated heterocycles. The molecule has 1 rings (SSSR count). The largest absolute Gasteiger partial charge is 0.348 e. The van der Waals surface area contributed by atoms with Gasteiger partial charge >= 0.3 is 0 Å². The van der Waals surface area contributed by atoms with Gasteiger partial charge in [0.25, 0.3) is 5.91 Å². The second-order valence-corrected chi connectivity index (χ2v) is 5.33. The molecule has 0 spiro atoms. The van der Waals surface area contributed by atoms with Crippen molar-refractivity contribution in [1.29, 1.82) is 0 Å². The van der Waals surface area contributed by atoms with Gasteiger partial charge in [0.15, 0.2) is 0 Å². The minimum Gasteiger partial charge on any atom is -0.348 e. The van der Waals surface area contributed by atoms with Crippen molar-refractivity contribution >= 4 is 21.8 Å². The molecule has 5 heteroatoms. The van der Waals surface area contributed by atoms with E-state index in [1.165, 1.54) is 0 Å². The van der Waals surface area contributed by atoms with Gasteiger partial charge in [-0.25, -0.2) is 0 Å². The van der Waals surface area contributed by atoms with Crippen molar-refractivity contribution in [3.63, 3.8) is 0 Å². The summed E-state index contributed by atoms with van der Waals surface area (Å²) in [6, 6.07) is 1.86. The van der Waals surface area contributed by atoms with Gasteiger partial charge in [0.05, 0.1) is 0 Å². The summed E-state index contributed by atoms with van der Waals surface area (Å²) in [6.07, 6.45) is 2.66. The highest BCUT2D eigenvalue weighted by molar-refractivity contribution is 9.09. The van der Waals surface area contributed by atoms with Crippen molar-refractivity contribution in [3.05, 3.63) is 18.0 Å². The molecule has 2 atom stereocenters. The van der Waals surface area contributed by atoms with E-state index in [1.807, 2.05) is 6.92 Å². The lowest BCUT2D eigenvalue weighted by atomic mass is 10.2. The highest BCUT2D eigenvalue weighted by Gasteiger charge is 2.13. The van der Waals surface area contributed by atoms with Gasteiger partial charge < -0.3 is 5.32 Å². The van der Waals surface area contributed by atoms with Crippen LogP contribution in [-0.4, -0.2) is 26.6 Å². The SMILES string of the molecule is CC(Br)CC(C)NC(=O)c1ccn(C)n1. The number of amides is 1. The Morgan fingerprint density at radius 2 is 2.33 bits per heavy atom. The van der Waals surface area contributed by atoms with Gasteiger partial charge in [0.1, 0.15) is 5.69 Å². The van der Waals surface area contributed by atoms with Crippen LogP contribution in [0.2, 0.25) is 0 Å². The van der Waals surface area contributed by atoms with Gasteiger partial charge in [-0.05, 0) is 19.4 Å². The van der Waals surface area contributed by atoms with E-state index < -0.39 is 0 Å². The number of carbonyl (C=O) groups excluding carboxylic acids is 1. The predicted octanol–water partition coefficient (Wildman–Crippen LogP) is 1.71. The van der Waals surface area contributed by atoms with Crippen LogP contribution in [-0.2, 0) is 7.05 Å². The number of nitrogens with zero attached hydrogens (tertiary/aromatic N) is 2. The Morgan fingerprint density at radius 3 is 2.80 bits per heavy atom. The normalized spacial score (nSPS) is 14.7. The smallest absolute Gasteiger partial charge is 0.271 e. The van der Waals surface area contributed by atoms with E-state index in [0.29, 0.717) is 10.5 Å². The maximum absolute atomic E-state index is 11.6. The number of carbonyl (C=O) groups is 1. The Balaban J connectivity index is 2.49.